The second-order valence-electron chi connectivity index (χ2n) is 5.16. The Hall–Kier alpha value is 0.220. The molecule has 0 spiro atoms. The van der Waals surface area contributed by atoms with Crippen LogP contribution in [0, 0.1) is 23.7 Å². The third kappa shape index (κ3) is 12.7. The van der Waals surface area contributed by atoms with Crippen LogP contribution in [0.1, 0.15) is 53.4 Å². The van der Waals surface area contributed by atoms with Gasteiger partial charge in [-0.15, -0.1) is 0 Å². The van der Waals surface area contributed by atoms with E-state index in [4.69, 9.17) is 4.74 Å². The lowest BCUT2D eigenvalue weighted by Crippen LogP contribution is -2.08. The molecule has 0 N–H and O–H groups in total. The van der Waals surface area contributed by atoms with Gasteiger partial charge in [0.2, 0.25) is 0 Å². The molecule has 0 aliphatic rings. The number of rotatable bonds is 9. The second kappa shape index (κ2) is 12.3. The Morgan fingerprint density at radius 3 is 2.28 bits per heavy atom. The highest BCUT2D eigenvalue weighted by Crippen LogP contribution is 2.28. The van der Waals surface area contributed by atoms with Crippen molar-refractivity contribution in [2.45, 2.75) is 58.8 Å². The molecule has 0 saturated heterocycles. The Morgan fingerprint density at radius 1 is 1.06 bits per heavy atom. The zero-order valence-electron chi connectivity index (χ0n) is 12.5. The fourth-order valence-corrected chi connectivity index (χ4v) is 3.21. The molecule has 1 nitrogen and oxygen atoms in total. The highest BCUT2D eigenvalue weighted by atomic mass is 33.1. The molecule has 0 aromatic rings. The van der Waals surface area contributed by atoms with Crippen molar-refractivity contribution < 1.29 is 4.74 Å². The third-order valence-corrected chi connectivity index (χ3v) is 4.41. The molecule has 0 aliphatic carbocycles. The van der Waals surface area contributed by atoms with Crippen molar-refractivity contribution in [2.75, 3.05) is 12.9 Å². The minimum atomic E-state index is 0.300. The minimum absolute atomic E-state index is 0.300. The van der Waals surface area contributed by atoms with Gasteiger partial charge in [-0.1, -0.05) is 74.0 Å². The Labute approximate surface area is 122 Å². The fraction of sp³-hybridized carbons (Fsp3) is 0.867. The van der Waals surface area contributed by atoms with Gasteiger partial charge < -0.3 is 4.74 Å². The average molecular weight is 289 g/mol. The van der Waals surface area contributed by atoms with Crippen LogP contribution in [0.25, 0.3) is 0 Å². The van der Waals surface area contributed by atoms with Crippen LogP contribution in [-0.2, 0) is 4.74 Å². The maximum absolute atomic E-state index is 5.81. The highest BCUT2D eigenvalue weighted by molar-refractivity contribution is 8.76. The molecule has 0 radical (unpaired) electrons. The third-order valence-electron chi connectivity index (χ3n) is 2.41. The molecule has 0 saturated carbocycles. The Morgan fingerprint density at radius 2 is 1.72 bits per heavy atom. The lowest BCUT2D eigenvalue weighted by atomic mass is 10.1. The number of hydrogen-bond donors (Lipinski definition) is 0. The quantitative estimate of drug-likeness (QED) is 0.249. The van der Waals surface area contributed by atoms with E-state index >= 15 is 0 Å². The van der Waals surface area contributed by atoms with Crippen LogP contribution in [0.4, 0.5) is 0 Å². The van der Waals surface area contributed by atoms with E-state index in [1.54, 1.807) is 10.8 Å². The van der Waals surface area contributed by atoms with Gasteiger partial charge in [0, 0.05) is 5.92 Å². The zero-order valence-corrected chi connectivity index (χ0v) is 14.1. The smallest absolute Gasteiger partial charge is 0.114 e. The first-order valence-electron chi connectivity index (χ1n) is 6.85. The lowest BCUT2D eigenvalue weighted by molar-refractivity contribution is 0.135. The molecule has 0 fully saturated rings. The molecule has 0 aliphatic heterocycles. The van der Waals surface area contributed by atoms with E-state index in [-0.39, 0.29) is 0 Å². The first-order valence-corrected chi connectivity index (χ1v) is 9.47. The molecule has 106 valence electrons. The molecule has 0 amide bonds. The topological polar surface area (TPSA) is 9.23 Å². The van der Waals surface area contributed by atoms with Gasteiger partial charge in [-0.2, -0.15) is 0 Å². The molecule has 0 rings (SSSR count). The van der Waals surface area contributed by atoms with Crippen molar-refractivity contribution in [1.29, 1.82) is 0 Å². The van der Waals surface area contributed by atoms with Crippen molar-refractivity contribution in [3.8, 4) is 11.8 Å². The molecule has 0 aromatic carbocycles. The summed E-state index contributed by atoms with van der Waals surface area (Å²) in [7, 11) is 3.60. The van der Waals surface area contributed by atoms with Gasteiger partial charge in [0.1, 0.15) is 12.0 Å². The van der Waals surface area contributed by atoms with E-state index < -0.39 is 0 Å². The minimum Gasteiger partial charge on any atom is -0.354 e. The summed E-state index contributed by atoms with van der Waals surface area (Å²) in [6, 6.07) is 0. The van der Waals surface area contributed by atoms with Crippen molar-refractivity contribution in [2.24, 2.45) is 11.8 Å². The van der Waals surface area contributed by atoms with Crippen LogP contribution in [0.5, 0.6) is 0 Å². The average Bonchev–Trinajstić information content (AvgIpc) is 2.29. The van der Waals surface area contributed by atoms with E-state index in [0.29, 0.717) is 18.0 Å². The summed E-state index contributed by atoms with van der Waals surface area (Å²) in [6.07, 6.45) is 7.14. The highest BCUT2D eigenvalue weighted by Gasteiger charge is 2.08. The van der Waals surface area contributed by atoms with E-state index in [0.717, 1.165) is 12.3 Å². The molecule has 0 bridgehead atoms. The Kier molecular flexibility index (Phi) is 12.4. The normalized spacial score (nSPS) is 12.6. The van der Waals surface area contributed by atoms with Crippen LogP contribution < -0.4 is 0 Å². The van der Waals surface area contributed by atoms with Gasteiger partial charge in [-0.05, 0) is 25.0 Å². The van der Waals surface area contributed by atoms with Crippen molar-refractivity contribution >= 4 is 21.6 Å². The summed E-state index contributed by atoms with van der Waals surface area (Å²) < 4.78 is 5.81. The van der Waals surface area contributed by atoms with Gasteiger partial charge in [0.05, 0.1) is 0 Å². The van der Waals surface area contributed by atoms with E-state index in [1.165, 1.54) is 19.3 Å². The molecule has 0 unspecified atom stereocenters. The van der Waals surface area contributed by atoms with E-state index in [2.05, 4.69) is 45.8 Å². The molecule has 18 heavy (non-hydrogen) atoms. The Bertz CT molecular complexity index is 241. The standard InChI is InChI=1S/C15H28OS2/c1-13(2)9-6-7-11-15(18-17-5)16-12-8-10-14(3)4/h13-15H,6-7,9,11-12H2,1-5H3/t15-/m1/s1. The van der Waals surface area contributed by atoms with Crippen molar-refractivity contribution in [3.63, 3.8) is 0 Å². The summed E-state index contributed by atoms with van der Waals surface area (Å²) in [4.78, 5) is 0. The van der Waals surface area contributed by atoms with Crippen LogP contribution >= 0.6 is 21.6 Å². The largest absolute Gasteiger partial charge is 0.354 e. The predicted molar refractivity (Wildman–Crippen MR) is 86.8 cm³/mol. The summed E-state index contributed by atoms with van der Waals surface area (Å²) in [6.45, 7) is 9.35. The zero-order chi connectivity index (χ0) is 13.8. The SMILES string of the molecule is CSS[C@H](CCCCC(C)C)OCC#CC(C)C. The van der Waals surface area contributed by atoms with Crippen LogP contribution in [0.3, 0.4) is 0 Å². The van der Waals surface area contributed by atoms with Gasteiger partial charge >= 0.3 is 0 Å². The van der Waals surface area contributed by atoms with Gasteiger partial charge in [-0.25, -0.2) is 0 Å². The molecule has 0 aromatic heterocycles. The molecular formula is C15H28OS2. The van der Waals surface area contributed by atoms with E-state index in [1.807, 2.05) is 10.8 Å². The maximum atomic E-state index is 5.81. The predicted octanol–water partition coefficient (Wildman–Crippen LogP) is 5.22. The van der Waals surface area contributed by atoms with Crippen LogP contribution in [0.15, 0.2) is 0 Å². The fourth-order valence-electron chi connectivity index (χ4n) is 1.51. The summed E-state index contributed by atoms with van der Waals surface area (Å²) in [5.74, 6) is 7.47. The molecule has 1 atom stereocenters. The monoisotopic (exact) mass is 288 g/mol. The number of unbranched alkanes of at least 4 members (excludes halogenated alkanes) is 1. The summed E-state index contributed by atoms with van der Waals surface area (Å²) in [5, 5.41) is 0. The maximum Gasteiger partial charge on any atom is 0.114 e. The van der Waals surface area contributed by atoms with Gasteiger partial charge in [0.25, 0.3) is 0 Å². The summed E-state index contributed by atoms with van der Waals surface area (Å²) in [5.41, 5.74) is 0.300. The molecule has 3 heteroatoms. The summed E-state index contributed by atoms with van der Waals surface area (Å²) >= 11 is 0. The van der Waals surface area contributed by atoms with Crippen LogP contribution in [0.2, 0.25) is 0 Å². The van der Waals surface area contributed by atoms with Gasteiger partial charge in [0.15, 0.2) is 0 Å². The van der Waals surface area contributed by atoms with E-state index in [9.17, 15) is 0 Å². The lowest BCUT2D eigenvalue weighted by Gasteiger charge is -2.14. The van der Waals surface area contributed by atoms with Crippen molar-refractivity contribution in [1.82, 2.24) is 0 Å². The number of hydrogen-bond acceptors (Lipinski definition) is 3. The molecule has 0 heterocycles. The Balaban J connectivity index is 3.75. The second-order valence-corrected chi connectivity index (χ2v) is 7.79. The van der Waals surface area contributed by atoms with Crippen molar-refractivity contribution in [3.05, 3.63) is 0 Å². The first-order chi connectivity index (χ1) is 8.56. The first kappa shape index (κ1) is 18.2. The molecular weight excluding hydrogens is 260 g/mol. The number of ether oxygens (including phenoxy) is 1. The van der Waals surface area contributed by atoms with Crippen LogP contribution in [-0.4, -0.2) is 18.3 Å². The van der Waals surface area contributed by atoms with Gasteiger partial charge in [-0.3, -0.25) is 0 Å².